The zero-order valence-electron chi connectivity index (χ0n) is 10.1. The van der Waals surface area contributed by atoms with Crippen molar-refractivity contribution in [2.75, 3.05) is 0 Å². The van der Waals surface area contributed by atoms with E-state index in [0.29, 0.717) is 0 Å². The molecule has 0 unspecified atom stereocenters. The molecule has 1 radical (unpaired) electrons. The number of aromatic nitrogens is 3. The van der Waals surface area contributed by atoms with Gasteiger partial charge in [0.2, 0.25) is 0 Å². The first-order valence-corrected chi connectivity index (χ1v) is 5.71. The fourth-order valence-electron chi connectivity index (χ4n) is 1.89. The molecule has 0 bridgehead atoms. The van der Waals surface area contributed by atoms with Gasteiger partial charge in [0.1, 0.15) is 0 Å². The van der Waals surface area contributed by atoms with Crippen molar-refractivity contribution in [1.29, 1.82) is 0 Å². The predicted octanol–water partition coefficient (Wildman–Crippen LogP) is 3.20. The van der Waals surface area contributed by atoms with Crippen LogP contribution in [0.25, 0.3) is 22.4 Å². The first kappa shape index (κ1) is 13.5. The third kappa shape index (κ3) is 2.89. The summed E-state index contributed by atoms with van der Waals surface area (Å²) in [5, 5.41) is 0. The summed E-state index contributed by atoms with van der Waals surface area (Å²) in [5.74, 6) is 0. The van der Waals surface area contributed by atoms with Crippen molar-refractivity contribution in [2.45, 2.75) is 0 Å². The first-order chi connectivity index (χ1) is 8.95. The van der Waals surface area contributed by atoms with Crippen molar-refractivity contribution in [1.82, 2.24) is 15.0 Å². The summed E-state index contributed by atoms with van der Waals surface area (Å²) < 4.78 is 0. The third-order valence-corrected chi connectivity index (χ3v) is 2.72. The van der Waals surface area contributed by atoms with Gasteiger partial charge in [0.05, 0.1) is 5.69 Å². The fourth-order valence-corrected chi connectivity index (χ4v) is 1.89. The molecule has 0 aliphatic heterocycles. The Labute approximate surface area is 123 Å². The van der Waals surface area contributed by atoms with Crippen molar-refractivity contribution in [3.8, 4) is 22.4 Å². The Balaban J connectivity index is 0.00000133. The molecule has 0 aliphatic rings. The van der Waals surface area contributed by atoms with Gasteiger partial charge in [0.25, 0.3) is 0 Å². The Morgan fingerprint density at radius 3 is 1.95 bits per heavy atom. The number of nitrogens with zero attached hydrogens (tertiary/aromatic N) is 3. The van der Waals surface area contributed by atoms with Crippen LogP contribution < -0.4 is 0 Å². The second-order valence-corrected chi connectivity index (χ2v) is 3.88. The molecule has 3 heterocycles. The largest absolute Gasteiger partial charge is 0.264 e. The summed E-state index contributed by atoms with van der Waals surface area (Å²) in [7, 11) is 0. The number of pyridine rings is 3. The monoisotopic (exact) mass is 284 g/mol. The van der Waals surface area contributed by atoms with E-state index in [4.69, 9.17) is 0 Å². The molecular weight excluding hydrogens is 273 g/mol. The Kier molecular flexibility index (Phi) is 4.45. The van der Waals surface area contributed by atoms with Crippen LogP contribution >= 0.6 is 0 Å². The standard InChI is InChI=1S/C15H11N3.V/c1-4-12(10-16-7-1)14-6-3-9-18-15(14)13-5-2-8-17-11-13;/h1-11H;. The normalized spacial score (nSPS) is 9.68. The van der Waals surface area contributed by atoms with Crippen LogP contribution in [-0.4, -0.2) is 15.0 Å². The SMILES string of the molecule is [V].c1cncc(-c2cccnc2-c2cccnc2)c1. The molecule has 0 amide bonds. The van der Waals surface area contributed by atoms with Crippen molar-refractivity contribution >= 4 is 0 Å². The van der Waals surface area contributed by atoms with Gasteiger partial charge in [-0.3, -0.25) is 15.0 Å². The van der Waals surface area contributed by atoms with E-state index in [0.717, 1.165) is 22.4 Å². The van der Waals surface area contributed by atoms with Gasteiger partial charge >= 0.3 is 0 Å². The molecule has 0 saturated carbocycles. The summed E-state index contributed by atoms with van der Waals surface area (Å²) in [6.45, 7) is 0. The van der Waals surface area contributed by atoms with E-state index >= 15 is 0 Å². The number of hydrogen-bond donors (Lipinski definition) is 0. The predicted molar refractivity (Wildman–Crippen MR) is 70.7 cm³/mol. The van der Waals surface area contributed by atoms with Gasteiger partial charge in [-0.25, -0.2) is 0 Å². The van der Waals surface area contributed by atoms with Crippen LogP contribution in [0.1, 0.15) is 0 Å². The topological polar surface area (TPSA) is 38.7 Å². The van der Waals surface area contributed by atoms with Crippen molar-refractivity contribution in [2.24, 2.45) is 0 Å². The van der Waals surface area contributed by atoms with Crippen molar-refractivity contribution in [3.63, 3.8) is 0 Å². The van der Waals surface area contributed by atoms with Crippen LogP contribution in [0.5, 0.6) is 0 Å². The van der Waals surface area contributed by atoms with Gasteiger partial charge < -0.3 is 0 Å². The van der Waals surface area contributed by atoms with Gasteiger partial charge in [-0.1, -0.05) is 12.1 Å². The van der Waals surface area contributed by atoms with Gasteiger partial charge in [-0.15, -0.1) is 0 Å². The quantitative estimate of drug-likeness (QED) is 0.725. The maximum atomic E-state index is 4.46. The van der Waals surface area contributed by atoms with Crippen LogP contribution in [0, 0.1) is 0 Å². The van der Waals surface area contributed by atoms with Crippen LogP contribution in [0.4, 0.5) is 0 Å². The Hall–Kier alpha value is -1.97. The maximum Gasteiger partial charge on any atom is 0.0796 e. The minimum atomic E-state index is 0. The number of rotatable bonds is 2. The maximum absolute atomic E-state index is 4.46. The fraction of sp³-hybridized carbons (Fsp3) is 0. The minimum absolute atomic E-state index is 0. The van der Waals surface area contributed by atoms with Gasteiger partial charge in [0.15, 0.2) is 0 Å². The van der Waals surface area contributed by atoms with Gasteiger partial charge in [0, 0.05) is 66.2 Å². The average Bonchev–Trinajstić information content (AvgIpc) is 2.49. The van der Waals surface area contributed by atoms with Gasteiger partial charge in [-0.05, 0) is 24.3 Å². The smallest absolute Gasteiger partial charge is 0.0796 e. The van der Waals surface area contributed by atoms with Crippen LogP contribution in [-0.2, 0) is 18.6 Å². The van der Waals surface area contributed by atoms with E-state index in [1.54, 1.807) is 18.6 Å². The van der Waals surface area contributed by atoms with E-state index < -0.39 is 0 Å². The Morgan fingerprint density at radius 2 is 1.32 bits per heavy atom. The third-order valence-electron chi connectivity index (χ3n) is 2.72. The molecule has 3 rings (SSSR count). The summed E-state index contributed by atoms with van der Waals surface area (Å²) in [4.78, 5) is 12.8. The van der Waals surface area contributed by atoms with Crippen LogP contribution in [0.3, 0.4) is 0 Å². The molecule has 3 aromatic rings. The molecular formula is C15H11N3V. The molecule has 4 heteroatoms. The molecule has 0 N–H and O–H groups in total. The Morgan fingerprint density at radius 1 is 0.684 bits per heavy atom. The average molecular weight is 284 g/mol. The van der Waals surface area contributed by atoms with E-state index in [9.17, 15) is 0 Å². The molecule has 0 atom stereocenters. The van der Waals surface area contributed by atoms with E-state index in [2.05, 4.69) is 15.0 Å². The zero-order chi connectivity index (χ0) is 12.2. The van der Waals surface area contributed by atoms with E-state index in [1.165, 1.54) is 0 Å². The molecule has 3 aromatic heterocycles. The molecule has 0 aliphatic carbocycles. The molecule has 3 nitrogen and oxygen atoms in total. The Bertz CT molecular complexity index is 583. The summed E-state index contributed by atoms with van der Waals surface area (Å²) in [6.07, 6.45) is 8.99. The molecule has 0 aromatic carbocycles. The zero-order valence-corrected chi connectivity index (χ0v) is 11.5. The van der Waals surface area contributed by atoms with E-state index in [1.807, 2.05) is 48.8 Å². The molecule has 19 heavy (non-hydrogen) atoms. The van der Waals surface area contributed by atoms with E-state index in [-0.39, 0.29) is 18.6 Å². The van der Waals surface area contributed by atoms with Gasteiger partial charge in [-0.2, -0.15) is 0 Å². The molecule has 0 fully saturated rings. The van der Waals surface area contributed by atoms with Crippen molar-refractivity contribution in [3.05, 3.63) is 67.4 Å². The summed E-state index contributed by atoms with van der Waals surface area (Å²) in [5.41, 5.74) is 4.07. The second-order valence-electron chi connectivity index (χ2n) is 3.88. The summed E-state index contributed by atoms with van der Waals surface area (Å²) in [6, 6.07) is 11.9. The van der Waals surface area contributed by atoms with Crippen molar-refractivity contribution < 1.29 is 18.6 Å². The first-order valence-electron chi connectivity index (χ1n) is 5.71. The molecule has 0 saturated heterocycles. The number of hydrogen-bond acceptors (Lipinski definition) is 3. The molecule has 0 spiro atoms. The summed E-state index contributed by atoms with van der Waals surface area (Å²) >= 11 is 0. The molecule has 91 valence electrons. The second kappa shape index (κ2) is 6.27. The van der Waals surface area contributed by atoms with Crippen LogP contribution in [0.2, 0.25) is 0 Å². The van der Waals surface area contributed by atoms with Crippen LogP contribution in [0.15, 0.2) is 67.4 Å². The minimum Gasteiger partial charge on any atom is -0.264 e.